The molecule has 0 N–H and O–H groups in total. The molecule has 4 heteroatoms. The molecule has 3 nitrogen and oxygen atoms in total. The summed E-state index contributed by atoms with van der Waals surface area (Å²) < 4.78 is 9.38. The average molecular weight is 532 g/mol. The van der Waals surface area contributed by atoms with Crippen LogP contribution in [0, 0.1) is 0 Å². The molecule has 0 aliphatic heterocycles. The summed E-state index contributed by atoms with van der Waals surface area (Å²) in [4.78, 5) is 0. The van der Waals surface area contributed by atoms with Gasteiger partial charge in [0.15, 0.2) is 0 Å². The van der Waals surface area contributed by atoms with E-state index < -0.39 is 20.8 Å². The van der Waals surface area contributed by atoms with Gasteiger partial charge in [-0.3, -0.25) is 0 Å². The quantitative estimate of drug-likeness (QED) is 0.210. The molecule has 0 bridgehead atoms. The monoisotopic (exact) mass is 533 g/mol. The Morgan fingerprint density at radius 3 is 1.22 bits per heavy atom. The average Bonchev–Trinajstić information content (AvgIpc) is 3.18. The molecular weight excluding hydrogens is 497 g/mol. The van der Waals surface area contributed by atoms with E-state index in [1.807, 2.05) is 36.5 Å². The Kier molecular flexibility index (Phi) is 11.4. The maximum atomic E-state index is 4.03. The summed E-state index contributed by atoms with van der Waals surface area (Å²) in [6, 6.07) is 0. The molecule has 0 radical (unpaired) electrons. The minimum atomic E-state index is -3.72. The predicted octanol–water partition coefficient (Wildman–Crippen LogP) is 4.75. The van der Waals surface area contributed by atoms with Crippen LogP contribution in [0.2, 0.25) is 0 Å². The van der Waals surface area contributed by atoms with Crippen molar-refractivity contribution < 1.29 is 20.8 Å². The number of hydrogen-bond donors (Lipinski definition) is 0. The summed E-state index contributed by atoms with van der Waals surface area (Å²) in [5, 5.41) is 0. The Balaban J connectivity index is 3.75. The molecule has 1 rings (SSSR count). The van der Waals surface area contributed by atoms with Crippen LogP contribution in [0.15, 0.2) is 97.5 Å². The Morgan fingerprint density at radius 1 is 0.667 bits per heavy atom. The summed E-state index contributed by atoms with van der Waals surface area (Å²) in [5.41, 5.74) is 0. The first-order valence-corrected chi connectivity index (χ1v) is 16.1. The van der Waals surface area contributed by atoms with Gasteiger partial charge in [-0.2, -0.15) is 0 Å². The van der Waals surface area contributed by atoms with Gasteiger partial charge in [-0.15, -0.1) is 0 Å². The third-order valence-electron chi connectivity index (χ3n) is 4.62. The molecular formula is C23H35HfN3. The zero-order valence-electron chi connectivity index (χ0n) is 16.7. The Bertz CT molecular complexity index is 513. The normalized spacial score (nSPS) is 13.7. The zero-order valence-corrected chi connectivity index (χ0v) is 20.3. The van der Waals surface area contributed by atoms with E-state index in [0.717, 1.165) is 45.7 Å². The third-order valence-corrected chi connectivity index (χ3v) is 22.5. The van der Waals surface area contributed by atoms with Crippen molar-refractivity contribution in [1.29, 1.82) is 0 Å². The fourth-order valence-electron chi connectivity index (χ4n) is 3.83. The molecule has 0 spiro atoms. The summed E-state index contributed by atoms with van der Waals surface area (Å²) in [5.74, 6) is 0. The van der Waals surface area contributed by atoms with Gasteiger partial charge in [0, 0.05) is 0 Å². The van der Waals surface area contributed by atoms with Crippen LogP contribution >= 0.6 is 0 Å². The van der Waals surface area contributed by atoms with Crippen LogP contribution in [0.1, 0.15) is 6.42 Å². The fraction of sp³-hybridized carbons (Fsp3) is 0.304. The SMILES string of the molecule is C=CC[N](CC=C)[Hf]([C]1=CC=CC1)([N](CC=C)CC=C)[N](CC=C)CC=C. The van der Waals surface area contributed by atoms with Crippen LogP contribution in [0.4, 0.5) is 0 Å². The van der Waals surface area contributed by atoms with Crippen molar-refractivity contribution in [2.75, 3.05) is 39.3 Å². The van der Waals surface area contributed by atoms with Crippen molar-refractivity contribution in [1.82, 2.24) is 8.66 Å². The molecule has 27 heavy (non-hydrogen) atoms. The topological polar surface area (TPSA) is 9.72 Å². The Morgan fingerprint density at radius 2 is 1.00 bits per heavy atom. The zero-order chi connectivity index (χ0) is 20.1. The van der Waals surface area contributed by atoms with E-state index in [1.165, 1.54) is 3.33 Å². The summed E-state index contributed by atoms with van der Waals surface area (Å²) in [6.45, 7) is 29.1. The van der Waals surface area contributed by atoms with Gasteiger partial charge in [-0.25, -0.2) is 0 Å². The first-order valence-electron chi connectivity index (χ1n) is 9.43. The van der Waals surface area contributed by atoms with Gasteiger partial charge in [0.25, 0.3) is 0 Å². The standard InChI is InChI=1S/3C6H10N.C5H5.Hf/c3*1-3-5-7-6-4-2;1-2-4-5-3-1;/h3*3-4H,1-2,5-6H2;1-3H,4H2;/q3*-1;;+3. The van der Waals surface area contributed by atoms with Gasteiger partial charge in [-0.1, -0.05) is 0 Å². The van der Waals surface area contributed by atoms with Gasteiger partial charge < -0.3 is 0 Å². The van der Waals surface area contributed by atoms with Crippen molar-refractivity contribution in [3.63, 3.8) is 0 Å². The first kappa shape index (κ1) is 23.7. The van der Waals surface area contributed by atoms with Crippen LogP contribution in [0.25, 0.3) is 0 Å². The molecule has 0 fully saturated rings. The summed E-state index contributed by atoms with van der Waals surface area (Å²) in [6.07, 6.45) is 19.8. The molecule has 146 valence electrons. The van der Waals surface area contributed by atoms with Gasteiger partial charge in [0.2, 0.25) is 0 Å². The molecule has 0 aromatic heterocycles. The number of hydrogen-bond acceptors (Lipinski definition) is 3. The van der Waals surface area contributed by atoms with E-state index in [0.29, 0.717) is 0 Å². The minimum absolute atomic E-state index is 0.820. The Hall–Kier alpha value is -1.33. The predicted molar refractivity (Wildman–Crippen MR) is 118 cm³/mol. The van der Waals surface area contributed by atoms with Crippen LogP contribution in [-0.2, 0) is 20.8 Å². The second kappa shape index (κ2) is 13.0. The van der Waals surface area contributed by atoms with Crippen LogP contribution < -0.4 is 0 Å². The molecule has 0 atom stereocenters. The number of allylic oxidation sites excluding steroid dienone is 4. The van der Waals surface area contributed by atoms with E-state index in [-0.39, 0.29) is 0 Å². The van der Waals surface area contributed by atoms with Gasteiger partial charge in [0.05, 0.1) is 0 Å². The van der Waals surface area contributed by atoms with Crippen molar-refractivity contribution in [3.8, 4) is 0 Å². The third kappa shape index (κ3) is 5.58. The van der Waals surface area contributed by atoms with Crippen LogP contribution in [-0.4, -0.2) is 47.9 Å². The second-order valence-corrected chi connectivity index (χ2v) is 20.1. The molecule has 0 saturated heterocycles. The Labute approximate surface area is 172 Å². The number of nitrogens with zero attached hydrogens (tertiary/aromatic N) is 3. The molecule has 1 aliphatic rings. The van der Waals surface area contributed by atoms with E-state index in [2.05, 4.69) is 66.4 Å². The molecule has 0 heterocycles. The molecule has 0 aromatic rings. The summed E-state index contributed by atoms with van der Waals surface area (Å²) >= 11 is -3.72. The van der Waals surface area contributed by atoms with Crippen molar-refractivity contribution >= 4 is 0 Å². The van der Waals surface area contributed by atoms with E-state index in [9.17, 15) is 0 Å². The van der Waals surface area contributed by atoms with Gasteiger partial charge >= 0.3 is 173 Å². The van der Waals surface area contributed by atoms with Crippen molar-refractivity contribution in [2.24, 2.45) is 0 Å². The van der Waals surface area contributed by atoms with Gasteiger partial charge in [0.1, 0.15) is 0 Å². The summed E-state index contributed by atoms with van der Waals surface area (Å²) in [7, 11) is 0. The maximum absolute atomic E-state index is 4.03. The number of rotatable bonds is 16. The molecule has 1 aliphatic carbocycles. The van der Waals surface area contributed by atoms with Crippen molar-refractivity contribution in [2.45, 2.75) is 6.42 Å². The second-order valence-electron chi connectivity index (χ2n) is 6.41. The molecule has 0 saturated carbocycles. The van der Waals surface area contributed by atoms with Gasteiger partial charge in [-0.05, 0) is 0 Å². The fourth-order valence-corrected chi connectivity index (χ4v) is 23.3. The van der Waals surface area contributed by atoms with E-state index in [4.69, 9.17) is 0 Å². The van der Waals surface area contributed by atoms with E-state index >= 15 is 0 Å². The van der Waals surface area contributed by atoms with Crippen molar-refractivity contribution in [3.05, 3.63) is 97.5 Å². The van der Waals surface area contributed by atoms with Crippen LogP contribution in [0.3, 0.4) is 0 Å². The molecule has 0 amide bonds. The first-order chi connectivity index (χ1) is 13.2. The van der Waals surface area contributed by atoms with E-state index in [1.54, 1.807) is 0 Å². The molecule has 0 aromatic carbocycles. The molecule has 0 unspecified atom stereocenters. The van der Waals surface area contributed by atoms with Crippen LogP contribution in [0.5, 0.6) is 0 Å².